The Morgan fingerprint density at radius 1 is 0.543 bits per heavy atom. The zero-order valence-electron chi connectivity index (χ0n) is 26.0. The molecule has 10 rings (SSSR count). The predicted molar refractivity (Wildman–Crippen MR) is 198 cm³/mol. The molecule has 0 aromatic heterocycles. The molecule has 1 atom stereocenters. The Morgan fingerprint density at radius 3 is 1.98 bits per heavy atom. The van der Waals surface area contributed by atoms with Crippen molar-refractivity contribution in [2.75, 3.05) is 0 Å². The van der Waals surface area contributed by atoms with Crippen LogP contribution in [0.1, 0.15) is 42.9 Å². The first-order valence-electron chi connectivity index (χ1n) is 16.4. The Morgan fingerprint density at radius 2 is 1.20 bits per heavy atom. The van der Waals surface area contributed by atoms with Crippen LogP contribution in [0.4, 0.5) is 0 Å². The minimum Gasteiger partial charge on any atom is -0.0929 e. The summed E-state index contributed by atoms with van der Waals surface area (Å²) in [4.78, 5) is 2.91. The number of benzene rings is 7. The molecule has 3 aliphatic rings. The van der Waals surface area contributed by atoms with Crippen LogP contribution in [0.3, 0.4) is 0 Å². The van der Waals surface area contributed by atoms with Crippen LogP contribution >= 0.6 is 11.8 Å². The summed E-state index contributed by atoms with van der Waals surface area (Å²) in [5.74, 6) is 0.513. The molecule has 0 spiro atoms. The first-order chi connectivity index (χ1) is 22.6. The normalized spacial score (nSPS) is 17.2. The topological polar surface area (TPSA) is 0 Å². The largest absolute Gasteiger partial charge is 0.0929 e. The monoisotopic (exact) mass is 604 g/mol. The second-order valence-electron chi connectivity index (χ2n) is 13.6. The highest BCUT2D eigenvalue weighted by Crippen LogP contribution is 2.55. The summed E-state index contributed by atoms with van der Waals surface area (Å²) in [5.41, 5.74) is 12.1. The van der Waals surface area contributed by atoms with Gasteiger partial charge in [0.2, 0.25) is 0 Å². The van der Waals surface area contributed by atoms with Crippen LogP contribution in [0.5, 0.6) is 0 Å². The van der Waals surface area contributed by atoms with Crippen LogP contribution in [0.2, 0.25) is 0 Å². The smallest absolute Gasteiger partial charge is 0.0236 e. The molecule has 0 N–H and O–H groups in total. The first kappa shape index (κ1) is 26.4. The summed E-state index contributed by atoms with van der Waals surface area (Å²) in [5, 5.41) is 8.00. The standard InChI is InChI=1S/C45H32S/c1-45(2)41-22-21-28(27-11-9-12-29(23-27)30-18-10-19-36-35-17-7-8-20-43(35)46-44(30)36)24-39(41)40-25-37-33-15-5-3-13-31(33)32-14-4-6-16-34(32)38(37)26-42(40)45/h3-16,18-26,35H,17H2,1-2H3. The summed E-state index contributed by atoms with van der Waals surface area (Å²) < 4.78 is 0. The van der Waals surface area contributed by atoms with Crippen molar-refractivity contribution in [1.82, 2.24) is 0 Å². The third-order valence-electron chi connectivity index (χ3n) is 10.8. The second-order valence-corrected chi connectivity index (χ2v) is 14.7. The van der Waals surface area contributed by atoms with Gasteiger partial charge in [0.25, 0.3) is 0 Å². The Kier molecular flexibility index (Phi) is 5.49. The van der Waals surface area contributed by atoms with Crippen LogP contribution in [0.15, 0.2) is 149 Å². The molecule has 2 aliphatic carbocycles. The summed E-state index contributed by atoms with van der Waals surface area (Å²) in [6.07, 6.45) is 7.92. The lowest BCUT2D eigenvalue weighted by Crippen LogP contribution is -2.14. The van der Waals surface area contributed by atoms with Crippen molar-refractivity contribution in [3.63, 3.8) is 0 Å². The maximum Gasteiger partial charge on any atom is 0.0236 e. The molecule has 1 aliphatic heterocycles. The van der Waals surface area contributed by atoms with E-state index in [2.05, 4.69) is 153 Å². The third kappa shape index (κ3) is 3.64. The lowest BCUT2D eigenvalue weighted by atomic mass is 9.81. The first-order valence-corrected chi connectivity index (χ1v) is 17.2. The molecule has 0 amide bonds. The summed E-state index contributed by atoms with van der Waals surface area (Å²) in [7, 11) is 0. The molecular formula is C45H32S. The van der Waals surface area contributed by atoms with Crippen molar-refractivity contribution in [3.05, 3.63) is 161 Å². The van der Waals surface area contributed by atoms with Crippen molar-refractivity contribution >= 4 is 44.1 Å². The number of allylic oxidation sites excluding steroid dienone is 4. The van der Waals surface area contributed by atoms with Crippen LogP contribution in [-0.4, -0.2) is 0 Å². The van der Waals surface area contributed by atoms with Crippen molar-refractivity contribution in [2.24, 2.45) is 0 Å². The lowest BCUT2D eigenvalue weighted by molar-refractivity contribution is 0.661. The Bertz CT molecular complexity index is 2510. The quantitative estimate of drug-likeness (QED) is 0.177. The van der Waals surface area contributed by atoms with Gasteiger partial charge in [-0.1, -0.05) is 141 Å². The highest BCUT2D eigenvalue weighted by atomic mass is 32.2. The predicted octanol–water partition coefficient (Wildman–Crippen LogP) is 12.8. The van der Waals surface area contributed by atoms with E-state index in [0.29, 0.717) is 5.92 Å². The minimum absolute atomic E-state index is 0.0753. The zero-order valence-corrected chi connectivity index (χ0v) is 26.8. The molecule has 0 bridgehead atoms. The Hall–Kier alpha value is -4.85. The van der Waals surface area contributed by atoms with Crippen molar-refractivity contribution < 1.29 is 0 Å². The van der Waals surface area contributed by atoms with Crippen molar-refractivity contribution in [1.29, 1.82) is 0 Å². The van der Waals surface area contributed by atoms with Crippen LogP contribution in [0, 0.1) is 0 Å². The van der Waals surface area contributed by atoms with Gasteiger partial charge < -0.3 is 0 Å². The Balaban J connectivity index is 1.13. The average Bonchev–Trinajstić information content (AvgIpc) is 3.59. The highest BCUT2D eigenvalue weighted by Gasteiger charge is 2.36. The van der Waals surface area contributed by atoms with Gasteiger partial charge in [0, 0.05) is 16.2 Å². The van der Waals surface area contributed by atoms with Crippen molar-refractivity contribution in [2.45, 2.75) is 36.5 Å². The molecule has 0 fully saturated rings. The van der Waals surface area contributed by atoms with E-state index in [-0.39, 0.29) is 5.41 Å². The molecule has 0 radical (unpaired) electrons. The summed E-state index contributed by atoms with van der Waals surface area (Å²) in [6.45, 7) is 4.78. The summed E-state index contributed by atoms with van der Waals surface area (Å²) in [6, 6.07) is 46.0. The van der Waals surface area contributed by atoms with E-state index in [1.807, 2.05) is 11.8 Å². The van der Waals surface area contributed by atoms with E-state index in [4.69, 9.17) is 0 Å². The van der Waals surface area contributed by atoms with E-state index in [1.54, 1.807) is 0 Å². The van der Waals surface area contributed by atoms with Gasteiger partial charge in [-0.25, -0.2) is 0 Å². The molecule has 7 aromatic rings. The van der Waals surface area contributed by atoms with Gasteiger partial charge in [0.15, 0.2) is 0 Å². The molecule has 0 saturated carbocycles. The van der Waals surface area contributed by atoms with E-state index < -0.39 is 0 Å². The number of fused-ring (bicyclic) bond motifs is 12. The average molecular weight is 605 g/mol. The van der Waals surface area contributed by atoms with Gasteiger partial charge in [-0.05, 0) is 118 Å². The molecule has 7 aromatic carbocycles. The van der Waals surface area contributed by atoms with Gasteiger partial charge in [-0.15, -0.1) is 0 Å². The van der Waals surface area contributed by atoms with Crippen LogP contribution in [0.25, 0.3) is 65.7 Å². The highest BCUT2D eigenvalue weighted by molar-refractivity contribution is 8.03. The lowest BCUT2D eigenvalue weighted by Gasteiger charge is -2.22. The molecule has 1 unspecified atom stereocenters. The minimum atomic E-state index is -0.0753. The van der Waals surface area contributed by atoms with E-state index >= 15 is 0 Å². The molecule has 1 heteroatoms. The maximum absolute atomic E-state index is 2.50. The van der Waals surface area contributed by atoms with Crippen LogP contribution < -0.4 is 0 Å². The molecule has 0 nitrogen and oxygen atoms in total. The maximum atomic E-state index is 2.50. The van der Waals surface area contributed by atoms with Crippen LogP contribution in [-0.2, 0) is 5.41 Å². The molecule has 0 saturated heterocycles. The number of thioether (sulfide) groups is 1. The SMILES string of the molecule is CC1(C)c2ccc(-c3cccc(-c4cccc5c4SC4=CC=CCC45)c3)cc2-c2cc3c4ccccc4c4ccccc4c3cc21. The molecule has 46 heavy (non-hydrogen) atoms. The van der Waals surface area contributed by atoms with Crippen molar-refractivity contribution in [3.8, 4) is 33.4 Å². The van der Waals surface area contributed by atoms with E-state index in [9.17, 15) is 0 Å². The zero-order chi connectivity index (χ0) is 30.6. The van der Waals surface area contributed by atoms with E-state index in [0.717, 1.165) is 6.42 Å². The number of hydrogen-bond acceptors (Lipinski definition) is 1. The molecule has 1 heterocycles. The van der Waals surface area contributed by atoms with Gasteiger partial charge in [-0.2, -0.15) is 0 Å². The molecule has 218 valence electrons. The molecular weight excluding hydrogens is 573 g/mol. The van der Waals surface area contributed by atoms with Gasteiger partial charge in [0.05, 0.1) is 0 Å². The summed E-state index contributed by atoms with van der Waals surface area (Å²) >= 11 is 1.96. The van der Waals surface area contributed by atoms with Gasteiger partial charge in [0.1, 0.15) is 0 Å². The fourth-order valence-corrected chi connectivity index (χ4v) is 9.85. The number of rotatable bonds is 2. The fraction of sp³-hybridized carbons (Fsp3) is 0.111. The van der Waals surface area contributed by atoms with E-state index in [1.165, 1.54) is 92.2 Å². The number of hydrogen-bond donors (Lipinski definition) is 0. The van der Waals surface area contributed by atoms with Gasteiger partial charge in [-0.3, -0.25) is 0 Å². The van der Waals surface area contributed by atoms with Gasteiger partial charge >= 0.3 is 0 Å². The second kappa shape index (κ2) is 9.58. The Labute approximate surface area is 274 Å². The fourth-order valence-electron chi connectivity index (χ4n) is 8.48. The third-order valence-corrected chi connectivity index (χ3v) is 12.1.